The Balaban J connectivity index is 2.23. The predicted octanol–water partition coefficient (Wildman–Crippen LogP) is 2.04. The second-order valence-electron chi connectivity index (χ2n) is 3.60. The lowest BCUT2D eigenvalue weighted by atomic mass is 9.84. The Morgan fingerprint density at radius 1 is 1.54 bits per heavy atom. The van der Waals surface area contributed by atoms with Crippen molar-refractivity contribution in [2.24, 2.45) is 11.1 Å². The van der Waals surface area contributed by atoms with E-state index >= 15 is 0 Å². The van der Waals surface area contributed by atoms with Gasteiger partial charge in [0.15, 0.2) is 0 Å². The Morgan fingerprint density at radius 2 is 2.38 bits per heavy atom. The van der Waals surface area contributed by atoms with E-state index in [1.807, 2.05) is 13.0 Å². The molecule has 3 heteroatoms. The number of fused-ring (bicyclic) bond motifs is 1. The van der Waals surface area contributed by atoms with Crippen LogP contribution in [-0.4, -0.2) is 11.5 Å². The fraction of sp³-hybridized carbons (Fsp3) is 0.600. The van der Waals surface area contributed by atoms with Gasteiger partial charge in [0, 0.05) is 6.42 Å². The number of Topliss-reactive ketones (excluding diaryl/α,β-unsaturated/α-hetero) is 1. The van der Waals surface area contributed by atoms with Gasteiger partial charge in [0.1, 0.15) is 11.5 Å². The van der Waals surface area contributed by atoms with Crippen molar-refractivity contribution in [1.82, 2.24) is 0 Å². The molecule has 3 nitrogen and oxygen atoms in total. The van der Waals surface area contributed by atoms with Gasteiger partial charge in [-0.2, -0.15) is 0 Å². The van der Waals surface area contributed by atoms with Crippen molar-refractivity contribution in [2.45, 2.75) is 32.6 Å². The summed E-state index contributed by atoms with van der Waals surface area (Å²) in [4.78, 5) is 16.6. The molecule has 1 fully saturated rings. The van der Waals surface area contributed by atoms with Gasteiger partial charge in [0.25, 0.3) is 0 Å². The Morgan fingerprint density at radius 3 is 3.23 bits per heavy atom. The van der Waals surface area contributed by atoms with Crippen molar-refractivity contribution in [3.8, 4) is 0 Å². The molecule has 1 saturated carbocycles. The summed E-state index contributed by atoms with van der Waals surface area (Å²) in [6.07, 6.45) is 5.26. The Bertz CT molecular complexity index is 291. The summed E-state index contributed by atoms with van der Waals surface area (Å²) >= 11 is 0. The van der Waals surface area contributed by atoms with Crippen molar-refractivity contribution in [1.29, 1.82) is 0 Å². The fourth-order valence-corrected chi connectivity index (χ4v) is 1.81. The standard InChI is InChI=1S/C10H13NO2/c1-7-5-6-8-9(11-13-7)3-2-4-10(8)12/h5,8H,2-4,6H2,1H3. The molecule has 70 valence electrons. The number of hydrogen-bond acceptors (Lipinski definition) is 3. The summed E-state index contributed by atoms with van der Waals surface area (Å²) in [7, 11) is 0. The zero-order chi connectivity index (χ0) is 9.26. The molecule has 13 heavy (non-hydrogen) atoms. The summed E-state index contributed by atoms with van der Waals surface area (Å²) in [5, 5.41) is 4.00. The molecule has 1 aliphatic heterocycles. The van der Waals surface area contributed by atoms with E-state index in [1.54, 1.807) is 0 Å². The SMILES string of the molecule is CC1=CCC2C(=O)CCCC2=NO1. The zero-order valence-electron chi connectivity index (χ0n) is 7.75. The van der Waals surface area contributed by atoms with Crippen LogP contribution in [-0.2, 0) is 9.63 Å². The van der Waals surface area contributed by atoms with E-state index in [-0.39, 0.29) is 5.92 Å². The molecule has 1 heterocycles. The lowest BCUT2D eigenvalue weighted by Gasteiger charge is -2.19. The van der Waals surface area contributed by atoms with E-state index in [4.69, 9.17) is 4.84 Å². The number of oxime groups is 1. The summed E-state index contributed by atoms with van der Waals surface area (Å²) in [6.45, 7) is 1.87. The average molecular weight is 179 g/mol. The minimum atomic E-state index is 0.00574. The Hall–Kier alpha value is -1.12. The number of ketones is 1. The Kier molecular flexibility index (Phi) is 2.17. The highest BCUT2D eigenvalue weighted by atomic mass is 16.6. The second-order valence-corrected chi connectivity index (χ2v) is 3.60. The molecular weight excluding hydrogens is 166 g/mol. The third-order valence-corrected chi connectivity index (χ3v) is 2.59. The maximum absolute atomic E-state index is 11.5. The first-order valence-electron chi connectivity index (χ1n) is 4.70. The largest absolute Gasteiger partial charge is 0.362 e. The number of carbonyl (C=O) groups is 1. The van der Waals surface area contributed by atoms with Gasteiger partial charge in [0.2, 0.25) is 0 Å². The minimum Gasteiger partial charge on any atom is -0.362 e. The summed E-state index contributed by atoms with van der Waals surface area (Å²) < 4.78 is 0. The van der Waals surface area contributed by atoms with E-state index in [0.717, 1.165) is 30.7 Å². The molecule has 0 saturated heterocycles. The van der Waals surface area contributed by atoms with Gasteiger partial charge in [-0.1, -0.05) is 5.16 Å². The zero-order valence-corrected chi connectivity index (χ0v) is 7.75. The lowest BCUT2D eigenvalue weighted by Crippen LogP contribution is -2.27. The van der Waals surface area contributed by atoms with Crippen LogP contribution in [0.15, 0.2) is 17.0 Å². The maximum Gasteiger partial charge on any atom is 0.142 e. The van der Waals surface area contributed by atoms with E-state index in [0.29, 0.717) is 12.2 Å². The smallest absolute Gasteiger partial charge is 0.142 e. The van der Waals surface area contributed by atoms with Gasteiger partial charge in [-0.3, -0.25) is 4.79 Å². The first-order chi connectivity index (χ1) is 6.27. The molecular formula is C10H13NO2. The summed E-state index contributed by atoms with van der Waals surface area (Å²) in [6, 6.07) is 0. The highest BCUT2D eigenvalue weighted by Gasteiger charge is 2.29. The molecule has 0 amide bonds. The molecule has 0 radical (unpaired) electrons. The van der Waals surface area contributed by atoms with E-state index in [9.17, 15) is 4.79 Å². The van der Waals surface area contributed by atoms with E-state index < -0.39 is 0 Å². The number of hydrogen-bond donors (Lipinski definition) is 0. The van der Waals surface area contributed by atoms with Crippen LogP contribution < -0.4 is 0 Å². The molecule has 0 aromatic heterocycles. The van der Waals surface area contributed by atoms with Gasteiger partial charge < -0.3 is 4.84 Å². The topological polar surface area (TPSA) is 38.7 Å². The summed E-state index contributed by atoms with van der Waals surface area (Å²) in [5.74, 6) is 1.13. The van der Waals surface area contributed by atoms with Gasteiger partial charge in [-0.25, -0.2) is 0 Å². The van der Waals surface area contributed by atoms with Crippen LogP contribution in [0.1, 0.15) is 32.6 Å². The molecule has 0 spiro atoms. The number of allylic oxidation sites excluding steroid dienone is 2. The quantitative estimate of drug-likeness (QED) is 0.570. The van der Waals surface area contributed by atoms with Crippen LogP contribution in [0, 0.1) is 5.92 Å². The van der Waals surface area contributed by atoms with Gasteiger partial charge in [0.05, 0.1) is 11.6 Å². The van der Waals surface area contributed by atoms with Crippen molar-refractivity contribution < 1.29 is 9.63 Å². The van der Waals surface area contributed by atoms with Crippen molar-refractivity contribution in [3.05, 3.63) is 11.8 Å². The van der Waals surface area contributed by atoms with Crippen LogP contribution in [0.4, 0.5) is 0 Å². The monoisotopic (exact) mass is 179 g/mol. The first-order valence-corrected chi connectivity index (χ1v) is 4.70. The number of rotatable bonds is 0. The molecule has 0 aromatic rings. The van der Waals surface area contributed by atoms with E-state index in [1.165, 1.54) is 0 Å². The maximum atomic E-state index is 11.5. The number of nitrogens with zero attached hydrogens (tertiary/aromatic N) is 1. The molecule has 2 aliphatic rings. The predicted molar refractivity (Wildman–Crippen MR) is 49.2 cm³/mol. The lowest BCUT2D eigenvalue weighted by molar-refractivity contribution is -0.121. The molecule has 1 atom stereocenters. The van der Waals surface area contributed by atoms with Crippen LogP contribution in [0.5, 0.6) is 0 Å². The van der Waals surface area contributed by atoms with Gasteiger partial charge in [-0.15, -0.1) is 0 Å². The fourth-order valence-electron chi connectivity index (χ4n) is 1.81. The Labute approximate surface area is 77.4 Å². The third kappa shape index (κ3) is 1.64. The van der Waals surface area contributed by atoms with Crippen LogP contribution in [0.25, 0.3) is 0 Å². The van der Waals surface area contributed by atoms with Crippen molar-refractivity contribution in [3.63, 3.8) is 0 Å². The van der Waals surface area contributed by atoms with Gasteiger partial charge in [-0.05, 0) is 32.3 Å². The van der Waals surface area contributed by atoms with Crippen molar-refractivity contribution >= 4 is 11.5 Å². The highest BCUT2D eigenvalue weighted by Crippen LogP contribution is 2.25. The molecule has 2 rings (SSSR count). The van der Waals surface area contributed by atoms with Crippen LogP contribution >= 0.6 is 0 Å². The molecule has 0 bridgehead atoms. The van der Waals surface area contributed by atoms with Crippen LogP contribution in [0.2, 0.25) is 0 Å². The molecule has 1 unspecified atom stereocenters. The van der Waals surface area contributed by atoms with Crippen molar-refractivity contribution in [2.75, 3.05) is 0 Å². The first kappa shape index (κ1) is 8.48. The normalized spacial score (nSPS) is 28.1. The third-order valence-electron chi connectivity index (χ3n) is 2.59. The molecule has 0 aromatic carbocycles. The van der Waals surface area contributed by atoms with Gasteiger partial charge >= 0.3 is 0 Å². The minimum absolute atomic E-state index is 0.00574. The summed E-state index contributed by atoms with van der Waals surface area (Å²) in [5.41, 5.74) is 0.935. The number of carbonyl (C=O) groups excluding carboxylic acids is 1. The van der Waals surface area contributed by atoms with Crippen LogP contribution in [0.3, 0.4) is 0 Å². The second kappa shape index (κ2) is 3.32. The highest BCUT2D eigenvalue weighted by molar-refractivity contribution is 6.07. The molecule has 0 N–H and O–H groups in total. The average Bonchev–Trinajstić information content (AvgIpc) is 2.30. The molecule has 1 aliphatic carbocycles. The van der Waals surface area contributed by atoms with E-state index in [2.05, 4.69) is 5.16 Å².